The Kier molecular flexibility index (Phi) is 5.58. The molecular weight excluding hydrogens is 190 g/mol. The molecule has 1 fully saturated rings. The van der Waals surface area contributed by atoms with Crippen molar-refractivity contribution in [2.45, 2.75) is 57.8 Å². The number of methoxy groups -OCH3 is 1. The van der Waals surface area contributed by atoms with Gasteiger partial charge in [-0.1, -0.05) is 12.8 Å². The molecule has 3 unspecified atom stereocenters. The van der Waals surface area contributed by atoms with Crippen molar-refractivity contribution in [2.24, 2.45) is 5.92 Å². The Hall–Kier alpha value is -0.120. The van der Waals surface area contributed by atoms with Gasteiger partial charge in [0.2, 0.25) is 0 Å². The predicted octanol–water partition coefficient (Wildman–Crippen LogP) is 1.55. The fraction of sp³-hybridized carbons (Fsp3) is 1.00. The second-order valence-electron chi connectivity index (χ2n) is 4.75. The topological polar surface area (TPSA) is 41.5 Å². The van der Waals surface area contributed by atoms with Crippen LogP contribution in [0.5, 0.6) is 0 Å². The van der Waals surface area contributed by atoms with E-state index in [1.807, 2.05) is 6.92 Å². The van der Waals surface area contributed by atoms with E-state index in [-0.39, 0.29) is 12.2 Å². The maximum atomic E-state index is 9.95. The highest BCUT2D eigenvalue weighted by molar-refractivity contribution is 4.78. The lowest BCUT2D eigenvalue weighted by Crippen LogP contribution is -2.42. The van der Waals surface area contributed by atoms with Crippen molar-refractivity contribution in [1.29, 1.82) is 0 Å². The van der Waals surface area contributed by atoms with Crippen molar-refractivity contribution in [2.75, 3.05) is 13.7 Å². The molecule has 1 aliphatic rings. The van der Waals surface area contributed by atoms with Gasteiger partial charge in [-0.25, -0.2) is 0 Å². The lowest BCUT2D eigenvalue weighted by Gasteiger charge is -2.24. The average molecular weight is 215 g/mol. The molecule has 2 N–H and O–H groups in total. The summed E-state index contributed by atoms with van der Waals surface area (Å²) in [5.41, 5.74) is 0. The normalized spacial score (nSPS) is 24.0. The minimum Gasteiger partial charge on any atom is -0.392 e. The van der Waals surface area contributed by atoms with E-state index >= 15 is 0 Å². The first-order valence-electron chi connectivity index (χ1n) is 6.09. The van der Waals surface area contributed by atoms with Gasteiger partial charge in [-0.05, 0) is 32.6 Å². The minimum atomic E-state index is -0.181. The fourth-order valence-corrected chi connectivity index (χ4v) is 2.19. The van der Waals surface area contributed by atoms with E-state index in [1.165, 1.54) is 25.7 Å². The molecule has 0 radical (unpaired) electrons. The highest BCUT2D eigenvalue weighted by Gasteiger charge is 2.23. The summed E-state index contributed by atoms with van der Waals surface area (Å²) in [5, 5.41) is 13.3. The van der Waals surface area contributed by atoms with Crippen molar-refractivity contribution in [1.82, 2.24) is 5.32 Å². The van der Waals surface area contributed by atoms with Gasteiger partial charge in [0.05, 0.1) is 12.2 Å². The molecule has 3 atom stereocenters. The van der Waals surface area contributed by atoms with Crippen LogP contribution in [-0.2, 0) is 4.74 Å². The van der Waals surface area contributed by atoms with Crippen LogP contribution in [-0.4, -0.2) is 37.0 Å². The molecule has 0 aromatic rings. The van der Waals surface area contributed by atoms with Gasteiger partial charge in [-0.3, -0.25) is 0 Å². The van der Waals surface area contributed by atoms with Crippen LogP contribution >= 0.6 is 0 Å². The van der Waals surface area contributed by atoms with E-state index in [0.29, 0.717) is 18.5 Å². The third kappa shape index (κ3) is 4.09. The monoisotopic (exact) mass is 215 g/mol. The van der Waals surface area contributed by atoms with Crippen LogP contribution in [0.3, 0.4) is 0 Å². The molecule has 0 spiro atoms. The fourth-order valence-electron chi connectivity index (χ4n) is 2.19. The highest BCUT2D eigenvalue weighted by Crippen LogP contribution is 2.27. The van der Waals surface area contributed by atoms with Crippen LogP contribution < -0.4 is 5.32 Å². The number of ether oxygens (including phenoxy) is 1. The zero-order valence-corrected chi connectivity index (χ0v) is 10.2. The predicted molar refractivity (Wildman–Crippen MR) is 61.9 cm³/mol. The van der Waals surface area contributed by atoms with E-state index < -0.39 is 0 Å². The van der Waals surface area contributed by atoms with E-state index in [9.17, 15) is 5.11 Å². The average Bonchev–Trinajstić information content (AvgIpc) is 2.77. The van der Waals surface area contributed by atoms with Gasteiger partial charge in [0.25, 0.3) is 0 Å². The van der Waals surface area contributed by atoms with Crippen molar-refractivity contribution < 1.29 is 9.84 Å². The summed E-state index contributed by atoms with van der Waals surface area (Å²) < 4.78 is 5.23. The van der Waals surface area contributed by atoms with Crippen molar-refractivity contribution in [3.8, 4) is 0 Å². The van der Waals surface area contributed by atoms with Crippen LogP contribution in [0.4, 0.5) is 0 Å². The second kappa shape index (κ2) is 6.46. The van der Waals surface area contributed by atoms with Gasteiger partial charge >= 0.3 is 0 Å². The maximum Gasteiger partial charge on any atom is 0.0693 e. The Labute approximate surface area is 93.2 Å². The molecule has 3 nitrogen and oxygen atoms in total. The Morgan fingerprint density at radius 2 is 1.93 bits per heavy atom. The smallest absolute Gasteiger partial charge is 0.0693 e. The standard InChI is InChI=1S/C12H25NO2/c1-9(10(2)15-3)13-8-12(14)11-6-4-5-7-11/h9-14H,4-8H2,1-3H3. The third-order valence-corrected chi connectivity index (χ3v) is 3.67. The lowest BCUT2D eigenvalue weighted by atomic mass is 10.0. The molecule has 0 heterocycles. The van der Waals surface area contributed by atoms with Crippen LogP contribution in [0, 0.1) is 5.92 Å². The van der Waals surface area contributed by atoms with Crippen LogP contribution in [0.1, 0.15) is 39.5 Å². The second-order valence-corrected chi connectivity index (χ2v) is 4.75. The summed E-state index contributed by atoms with van der Waals surface area (Å²) in [7, 11) is 1.72. The summed E-state index contributed by atoms with van der Waals surface area (Å²) in [6, 6.07) is 0.297. The number of aliphatic hydroxyl groups is 1. The maximum absolute atomic E-state index is 9.95. The van der Waals surface area contributed by atoms with Gasteiger partial charge in [0.1, 0.15) is 0 Å². The molecule has 1 aliphatic carbocycles. The molecule has 90 valence electrons. The molecule has 15 heavy (non-hydrogen) atoms. The van der Waals surface area contributed by atoms with Gasteiger partial charge < -0.3 is 15.2 Å². The minimum absolute atomic E-state index is 0.181. The number of hydrogen-bond donors (Lipinski definition) is 2. The van der Waals surface area contributed by atoms with E-state index in [0.717, 1.165) is 0 Å². The zero-order valence-electron chi connectivity index (χ0n) is 10.2. The molecule has 0 aromatic carbocycles. The third-order valence-electron chi connectivity index (χ3n) is 3.67. The Balaban J connectivity index is 2.17. The Bertz CT molecular complexity index is 169. The molecule has 0 aliphatic heterocycles. The summed E-state index contributed by atoms with van der Waals surface area (Å²) in [4.78, 5) is 0. The van der Waals surface area contributed by atoms with Gasteiger partial charge in [0, 0.05) is 19.7 Å². The molecule has 1 rings (SSSR count). The SMILES string of the molecule is COC(C)C(C)NCC(O)C1CCCC1. The Morgan fingerprint density at radius 3 is 2.47 bits per heavy atom. The van der Waals surface area contributed by atoms with E-state index in [2.05, 4.69) is 12.2 Å². The molecular formula is C12H25NO2. The molecule has 0 saturated heterocycles. The summed E-state index contributed by atoms with van der Waals surface area (Å²) in [6.45, 7) is 4.83. The van der Waals surface area contributed by atoms with Gasteiger partial charge in [0.15, 0.2) is 0 Å². The number of nitrogens with one attached hydrogen (secondary N) is 1. The highest BCUT2D eigenvalue weighted by atomic mass is 16.5. The van der Waals surface area contributed by atoms with Gasteiger partial charge in [-0.2, -0.15) is 0 Å². The first kappa shape index (κ1) is 12.9. The van der Waals surface area contributed by atoms with E-state index in [1.54, 1.807) is 7.11 Å². The van der Waals surface area contributed by atoms with E-state index in [4.69, 9.17) is 4.74 Å². The quantitative estimate of drug-likeness (QED) is 0.706. The number of hydrogen-bond acceptors (Lipinski definition) is 3. The lowest BCUT2D eigenvalue weighted by molar-refractivity contribution is 0.0692. The van der Waals surface area contributed by atoms with Crippen LogP contribution in [0.2, 0.25) is 0 Å². The summed E-state index contributed by atoms with van der Waals surface area (Å²) in [5.74, 6) is 0.516. The summed E-state index contributed by atoms with van der Waals surface area (Å²) in [6.07, 6.45) is 4.96. The van der Waals surface area contributed by atoms with Gasteiger partial charge in [-0.15, -0.1) is 0 Å². The summed E-state index contributed by atoms with van der Waals surface area (Å²) >= 11 is 0. The van der Waals surface area contributed by atoms with Crippen molar-refractivity contribution in [3.05, 3.63) is 0 Å². The first-order valence-corrected chi connectivity index (χ1v) is 6.09. The van der Waals surface area contributed by atoms with Crippen LogP contribution in [0.25, 0.3) is 0 Å². The zero-order chi connectivity index (χ0) is 11.3. The molecule has 3 heteroatoms. The largest absolute Gasteiger partial charge is 0.392 e. The molecule has 0 aromatic heterocycles. The first-order chi connectivity index (χ1) is 7.15. The molecule has 0 bridgehead atoms. The van der Waals surface area contributed by atoms with Crippen LogP contribution in [0.15, 0.2) is 0 Å². The molecule has 1 saturated carbocycles. The Morgan fingerprint density at radius 1 is 1.33 bits per heavy atom. The van der Waals surface area contributed by atoms with Crippen molar-refractivity contribution in [3.63, 3.8) is 0 Å². The van der Waals surface area contributed by atoms with Crippen molar-refractivity contribution >= 4 is 0 Å². The number of aliphatic hydroxyl groups excluding tert-OH is 1. The molecule has 0 amide bonds. The number of rotatable bonds is 6.